The number of nitrogens with one attached hydrogen (secondary N) is 1. The lowest BCUT2D eigenvalue weighted by Gasteiger charge is -2.20. The molecule has 0 aromatic heterocycles. The predicted molar refractivity (Wildman–Crippen MR) is 95.0 cm³/mol. The van der Waals surface area contributed by atoms with Gasteiger partial charge in [0.05, 0.1) is 0 Å². The molecule has 1 nitrogen and oxygen atoms in total. The maximum Gasteiger partial charge on any atom is 0.0438 e. The Morgan fingerprint density at radius 2 is 1.67 bits per heavy atom. The van der Waals surface area contributed by atoms with Crippen molar-refractivity contribution in [2.24, 2.45) is 17.8 Å². The van der Waals surface area contributed by atoms with Crippen molar-refractivity contribution in [2.75, 3.05) is 13.1 Å². The Hall–Kier alpha value is -0.530. The Kier molecular flexibility index (Phi) is 9.03. The SMILES string of the molecule is CC(C)CCCC(CNCC(C)C)Cc1ccccc1Cl. The summed E-state index contributed by atoms with van der Waals surface area (Å²) in [6, 6.07) is 8.27. The molecule has 0 saturated heterocycles. The van der Waals surface area contributed by atoms with Crippen molar-refractivity contribution < 1.29 is 0 Å². The average molecular weight is 310 g/mol. The first-order chi connectivity index (χ1) is 9.99. The standard InChI is InChI=1S/C19H32ClN/c1-15(2)8-7-9-17(14-21-13-16(3)4)12-18-10-5-6-11-19(18)20/h5-6,10-11,15-17,21H,7-9,12-14H2,1-4H3. The molecule has 1 N–H and O–H groups in total. The summed E-state index contributed by atoms with van der Waals surface area (Å²) in [7, 11) is 0. The fraction of sp³-hybridized carbons (Fsp3) is 0.684. The normalized spacial score (nSPS) is 13.1. The third kappa shape index (κ3) is 8.48. The first kappa shape index (κ1) is 18.5. The lowest BCUT2D eigenvalue weighted by molar-refractivity contribution is 0.396. The molecule has 0 amide bonds. The molecular formula is C19H32ClN. The lowest BCUT2D eigenvalue weighted by Crippen LogP contribution is -2.27. The highest BCUT2D eigenvalue weighted by atomic mass is 35.5. The Morgan fingerprint density at radius 3 is 2.29 bits per heavy atom. The minimum absolute atomic E-state index is 0.683. The summed E-state index contributed by atoms with van der Waals surface area (Å²) < 4.78 is 0. The van der Waals surface area contributed by atoms with Crippen LogP contribution in [-0.2, 0) is 6.42 Å². The van der Waals surface area contributed by atoms with Gasteiger partial charge in [-0.05, 0) is 55.3 Å². The summed E-state index contributed by atoms with van der Waals surface area (Å²) >= 11 is 6.32. The van der Waals surface area contributed by atoms with Crippen LogP contribution in [0.4, 0.5) is 0 Å². The average Bonchev–Trinajstić information content (AvgIpc) is 2.40. The maximum atomic E-state index is 6.32. The van der Waals surface area contributed by atoms with Crippen LogP contribution < -0.4 is 5.32 Å². The quantitative estimate of drug-likeness (QED) is 0.595. The second-order valence-corrected chi connectivity index (χ2v) is 7.45. The molecule has 2 heteroatoms. The number of rotatable bonds is 10. The summed E-state index contributed by atoms with van der Waals surface area (Å²) in [5.74, 6) is 2.19. The van der Waals surface area contributed by atoms with Gasteiger partial charge in [0.2, 0.25) is 0 Å². The van der Waals surface area contributed by atoms with E-state index in [1.165, 1.54) is 24.8 Å². The van der Waals surface area contributed by atoms with Gasteiger partial charge in [-0.2, -0.15) is 0 Å². The predicted octanol–water partition coefficient (Wildman–Crippen LogP) is 5.57. The van der Waals surface area contributed by atoms with E-state index in [1.54, 1.807) is 0 Å². The zero-order valence-electron chi connectivity index (χ0n) is 14.2. The molecule has 1 aromatic rings. The van der Waals surface area contributed by atoms with Crippen LogP contribution in [0.5, 0.6) is 0 Å². The molecule has 120 valence electrons. The number of hydrogen-bond donors (Lipinski definition) is 1. The minimum atomic E-state index is 0.683. The van der Waals surface area contributed by atoms with Crippen LogP contribution >= 0.6 is 11.6 Å². The topological polar surface area (TPSA) is 12.0 Å². The molecule has 0 aliphatic carbocycles. The first-order valence-electron chi connectivity index (χ1n) is 8.43. The van der Waals surface area contributed by atoms with Gasteiger partial charge < -0.3 is 5.32 Å². The van der Waals surface area contributed by atoms with Gasteiger partial charge in [0.15, 0.2) is 0 Å². The van der Waals surface area contributed by atoms with E-state index in [1.807, 2.05) is 12.1 Å². The number of benzene rings is 1. The Balaban J connectivity index is 2.51. The molecule has 21 heavy (non-hydrogen) atoms. The Morgan fingerprint density at radius 1 is 0.952 bits per heavy atom. The monoisotopic (exact) mass is 309 g/mol. The van der Waals surface area contributed by atoms with Crippen LogP contribution in [0.1, 0.15) is 52.5 Å². The molecule has 1 aromatic carbocycles. The van der Waals surface area contributed by atoms with Gasteiger partial charge in [0.1, 0.15) is 0 Å². The van der Waals surface area contributed by atoms with Crippen molar-refractivity contribution >= 4 is 11.6 Å². The molecule has 0 spiro atoms. The van der Waals surface area contributed by atoms with Gasteiger partial charge in [0.25, 0.3) is 0 Å². The molecule has 1 atom stereocenters. The van der Waals surface area contributed by atoms with Crippen molar-refractivity contribution in [1.29, 1.82) is 0 Å². The van der Waals surface area contributed by atoms with E-state index in [-0.39, 0.29) is 0 Å². The third-order valence-electron chi connectivity index (χ3n) is 3.85. The number of halogens is 1. The third-order valence-corrected chi connectivity index (χ3v) is 4.21. The van der Waals surface area contributed by atoms with Crippen LogP contribution in [0.3, 0.4) is 0 Å². The number of hydrogen-bond acceptors (Lipinski definition) is 1. The van der Waals surface area contributed by atoms with Crippen molar-refractivity contribution in [3.05, 3.63) is 34.9 Å². The van der Waals surface area contributed by atoms with E-state index >= 15 is 0 Å². The zero-order valence-corrected chi connectivity index (χ0v) is 14.9. The molecule has 1 rings (SSSR count). The fourth-order valence-electron chi connectivity index (χ4n) is 2.64. The van der Waals surface area contributed by atoms with E-state index in [0.29, 0.717) is 11.8 Å². The second kappa shape index (κ2) is 10.2. The van der Waals surface area contributed by atoms with Crippen molar-refractivity contribution in [3.8, 4) is 0 Å². The highest BCUT2D eigenvalue weighted by molar-refractivity contribution is 6.31. The lowest BCUT2D eigenvalue weighted by atomic mass is 9.92. The van der Waals surface area contributed by atoms with E-state index in [2.05, 4.69) is 45.1 Å². The van der Waals surface area contributed by atoms with Gasteiger partial charge in [-0.3, -0.25) is 0 Å². The molecule has 0 bridgehead atoms. The Bertz CT molecular complexity index is 373. The van der Waals surface area contributed by atoms with Gasteiger partial charge >= 0.3 is 0 Å². The van der Waals surface area contributed by atoms with E-state index in [0.717, 1.165) is 30.5 Å². The van der Waals surface area contributed by atoms with E-state index in [9.17, 15) is 0 Å². The Labute approximate surface area is 136 Å². The van der Waals surface area contributed by atoms with Gasteiger partial charge in [-0.15, -0.1) is 0 Å². The van der Waals surface area contributed by atoms with Crippen molar-refractivity contribution in [2.45, 2.75) is 53.4 Å². The fourth-order valence-corrected chi connectivity index (χ4v) is 2.86. The molecule has 0 radical (unpaired) electrons. The zero-order chi connectivity index (χ0) is 15.7. The largest absolute Gasteiger partial charge is 0.316 e. The maximum absolute atomic E-state index is 6.32. The van der Waals surface area contributed by atoms with Crippen LogP contribution in [-0.4, -0.2) is 13.1 Å². The summed E-state index contributed by atoms with van der Waals surface area (Å²) in [5, 5.41) is 4.53. The summed E-state index contributed by atoms with van der Waals surface area (Å²) in [5.41, 5.74) is 1.29. The highest BCUT2D eigenvalue weighted by Crippen LogP contribution is 2.22. The van der Waals surface area contributed by atoms with Gasteiger partial charge in [-0.1, -0.05) is 70.3 Å². The van der Waals surface area contributed by atoms with Crippen LogP contribution in [0, 0.1) is 17.8 Å². The smallest absolute Gasteiger partial charge is 0.0438 e. The summed E-state index contributed by atoms with van der Waals surface area (Å²) in [6.45, 7) is 11.3. The second-order valence-electron chi connectivity index (χ2n) is 7.04. The van der Waals surface area contributed by atoms with Crippen molar-refractivity contribution in [3.63, 3.8) is 0 Å². The molecule has 0 aliphatic rings. The molecular weight excluding hydrogens is 278 g/mol. The van der Waals surface area contributed by atoms with Gasteiger partial charge in [0, 0.05) is 5.02 Å². The first-order valence-corrected chi connectivity index (χ1v) is 8.81. The molecule has 0 heterocycles. The van der Waals surface area contributed by atoms with Crippen LogP contribution in [0.2, 0.25) is 5.02 Å². The van der Waals surface area contributed by atoms with Crippen molar-refractivity contribution in [1.82, 2.24) is 5.32 Å². The summed E-state index contributed by atoms with van der Waals surface area (Å²) in [4.78, 5) is 0. The van der Waals surface area contributed by atoms with Gasteiger partial charge in [-0.25, -0.2) is 0 Å². The molecule has 0 fully saturated rings. The summed E-state index contributed by atoms with van der Waals surface area (Å²) in [6.07, 6.45) is 5.01. The molecule has 1 unspecified atom stereocenters. The molecule has 0 aliphatic heterocycles. The van der Waals surface area contributed by atoms with Crippen LogP contribution in [0.15, 0.2) is 24.3 Å². The minimum Gasteiger partial charge on any atom is -0.316 e. The van der Waals surface area contributed by atoms with E-state index in [4.69, 9.17) is 11.6 Å². The van der Waals surface area contributed by atoms with E-state index < -0.39 is 0 Å². The molecule has 0 saturated carbocycles. The van der Waals surface area contributed by atoms with Crippen LogP contribution in [0.25, 0.3) is 0 Å². The highest BCUT2D eigenvalue weighted by Gasteiger charge is 2.12.